The first kappa shape index (κ1) is 15.5. The molecule has 3 aromatic rings. The van der Waals surface area contributed by atoms with Crippen LogP contribution >= 0.6 is 0 Å². The summed E-state index contributed by atoms with van der Waals surface area (Å²) < 4.78 is 40.6. The number of aromatic nitrogens is 2. The Kier molecular flexibility index (Phi) is 3.88. The van der Waals surface area contributed by atoms with Crippen LogP contribution in [0.4, 0.5) is 19.0 Å². The highest BCUT2D eigenvalue weighted by atomic mass is 19.2. The van der Waals surface area contributed by atoms with Crippen LogP contribution in [0, 0.1) is 28.8 Å². The standard InChI is InChI=1S/C17H9F3N4/c18-13-6-15(20)14(19)4-11(13)16-5-10(9-2-1-3-23-8-9)12(7-21)17(22)24-16/h1-6,8H,(H2,22,24). The monoisotopic (exact) mass is 326 g/mol. The van der Waals surface area contributed by atoms with Crippen molar-refractivity contribution in [1.82, 2.24) is 9.97 Å². The molecule has 0 aliphatic carbocycles. The number of halogens is 3. The molecule has 3 rings (SSSR count). The number of nitrogens with zero attached hydrogens (tertiary/aromatic N) is 3. The molecule has 0 radical (unpaired) electrons. The third-order valence-corrected chi connectivity index (χ3v) is 3.42. The van der Waals surface area contributed by atoms with Crippen LogP contribution in [0.1, 0.15) is 5.56 Å². The molecular formula is C17H9F3N4. The summed E-state index contributed by atoms with van der Waals surface area (Å²) in [6, 6.07) is 7.80. The second-order valence-electron chi connectivity index (χ2n) is 4.91. The molecule has 0 atom stereocenters. The minimum Gasteiger partial charge on any atom is -0.383 e. The van der Waals surface area contributed by atoms with Gasteiger partial charge in [0, 0.05) is 35.2 Å². The highest BCUT2D eigenvalue weighted by molar-refractivity contribution is 5.79. The molecule has 0 aliphatic rings. The van der Waals surface area contributed by atoms with E-state index in [1.165, 1.54) is 12.3 Å². The normalized spacial score (nSPS) is 10.4. The quantitative estimate of drug-likeness (QED) is 0.729. The van der Waals surface area contributed by atoms with Crippen molar-refractivity contribution in [3.05, 3.63) is 65.7 Å². The lowest BCUT2D eigenvalue weighted by Gasteiger charge is -2.10. The Morgan fingerprint density at radius 1 is 1.00 bits per heavy atom. The Morgan fingerprint density at radius 3 is 2.42 bits per heavy atom. The number of hydrogen-bond donors (Lipinski definition) is 1. The highest BCUT2D eigenvalue weighted by Crippen LogP contribution is 2.32. The number of nitrogens with two attached hydrogens (primary N) is 1. The van der Waals surface area contributed by atoms with Crippen LogP contribution in [0.3, 0.4) is 0 Å². The number of hydrogen-bond acceptors (Lipinski definition) is 4. The molecule has 118 valence electrons. The van der Waals surface area contributed by atoms with E-state index in [1.54, 1.807) is 18.3 Å². The zero-order valence-electron chi connectivity index (χ0n) is 12.1. The Morgan fingerprint density at radius 2 is 1.75 bits per heavy atom. The number of anilines is 1. The SMILES string of the molecule is N#Cc1c(-c2cccnc2)cc(-c2cc(F)c(F)cc2F)nc1N. The molecule has 7 heteroatoms. The van der Waals surface area contributed by atoms with Gasteiger partial charge in [-0.25, -0.2) is 18.2 Å². The Bertz CT molecular complexity index is 966. The highest BCUT2D eigenvalue weighted by Gasteiger charge is 2.17. The fourth-order valence-electron chi connectivity index (χ4n) is 2.29. The van der Waals surface area contributed by atoms with Crippen LogP contribution in [0.2, 0.25) is 0 Å². The van der Waals surface area contributed by atoms with Crippen molar-refractivity contribution in [2.45, 2.75) is 0 Å². The van der Waals surface area contributed by atoms with Crippen molar-refractivity contribution in [3.8, 4) is 28.5 Å². The lowest BCUT2D eigenvalue weighted by atomic mass is 9.99. The molecular weight excluding hydrogens is 317 g/mol. The minimum atomic E-state index is -1.30. The van der Waals surface area contributed by atoms with Crippen LogP contribution < -0.4 is 5.73 Å². The largest absolute Gasteiger partial charge is 0.383 e. The topological polar surface area (TPSA) is 75.6 Å². The molecule has 0 spiro atoms. The molecule has 2 N–H and O–H groups in total. The number of pyridine rings is 2. The van der Waals surface area contributed by atoms with Gasteiger partial charge >= 0.3 is 0 Å². The number of rotatable bonds is 2. The maximum atomic E-state index is 14.0. The van der Waals surface area contributed by atoms with Crippen LogP contribution in [0.25, 0.3) is 22.4 Å². The van der Waals surface area contributed by atoms with Crippen molar-refractivity contribution in [1.29, 1.82) is 5.26 Å². The van der Waals surface area contributed by atoms with Gasteiger partial charge in [0.2, 0.25) is 0 Å². The number of nitrogen functional groups attached to an aromatic ring is 1. The molecule has 0 bridgehead atoms. The second kappa shape index (κ2) is 6.01. The van der Waals surface area contributed by atoms with E-state index < -0.39 is 17.5 Å². The van der Waals surface area contributed by atoms with Crippen molar-refractivity contribution >= 4 is 5.82 Å². The maximum Gasteiger partial charge on any atom is 0.161 e. The maximum absolute atomic E-state index is 14.0. The third-order valence-electron chi connectivity index (χ3n) is 3.42. The summed E-state index contributed by atoms with van der Waals surface area (Å²) in [5, 5.41) is 9.28. The second-order valence-corrected chi connectivity index (χ2v) is 4.91. The van der Waals surface area contributed by atoms with E-state index >= 15 is 0 Å². The molecule has 0 unspecified atom stereocenters. The molecule has 0 fully saturated rings. The molecule has 2 aromatic heterocycles. The van der Waals surface area contributed by atoms with Gasteiger partial charge in [-0.15, -0.1) is 0 Å². The molecule has 1 aromatic carbocycles. The Labute approximate surface area is 135 Å². The average Bonchev–Trinajstić information content (AvgIpc) is 2.58. The molecule has 0 amide bonds. The van der Waals surface area contributed by atoms with Crippen molar-refractivity contribution in [3.63, 3.8) is 0 Å². The number of benzene rings is 1. The Balaban J connectivity index is 2.27. The predicted molar refractivity (Wildman–Crippen MR) is 81.9 cm³/mol. The fourth-order valence-corrected chi connectivity index (χ4v) is 2.29. The van der Waals surface area contributed by atoms with Gasteiger partial charge in [-0.1, -0.05) is 6.07 Å². The van der Waals surface area contributed by atoms with E-state index in [0.29, 0.717) is 23.3 Å². The molecule has 2 heterocycles. The van der Waals surface area contributed by atoms with Gasteiger partial charge in [0.15, 0.2) is 11.6 Å². The number of nitriles is 1. The smallest absolute Gasteiger partial charge is 0.161 e. The van der Waals surface area contributed by atoms with E-state index in [2.05, 4.69) is 9.97 Å². The molecule has 0 saturated heterocycles. The van der Waals surface area contributed by atoms with Crippen LogP contribution in [0.5, 0.6) is 0 Å². The molecule has 0 aliphatic heterocycles. The summed E-state index contributed by atoms with van der Waals surface area (Å²) in [7, 11) is 0. The predicted octanol–water partition coefficient (Wildman–Crippen LogP) is 3.68. The average molecular weight is 326 g/mol. The minimum absolute atomic E-state index is 0.0123. The van der Waals surface area contributed by atoms with Gasteiger partial charge in [-0.3, -0.25) is 4.98 Å². The van der Waals surface area contributed by atoms with E-state index in [4.69, 9.17) is 5.73 Å². The lowest BCUT2D eigenvalue weighted by molar-refractivity contribution is 0.496. The van der Waals surface area contributed by atoms with E-state index in [0.717, 1.165) is 0 Å². The van der Waals surface area contributed by atoms with Gasteiger partial charge in [-0.2, -0.15) is 5.26 Å². The first-order valence-electron chi connectivity index (χ1n) is 6.77. The van der Waals surface area contributed by atoms with Gasteiger partial charge < -0.3 is 5.73 Å². The summed E-state index contributed by atoms with van der Waals surface area (Å²) in [4.78, 5) is 7.90. The summed E-state index contributed by atoms with van der Waals surface area (Å²) in [6.45, 7) is 0. The molecule has 0 saturated carbocycles. The molecule has 24 heavy (non-hydrogen) atoms. The summed E-state index contributed by atoms with van der Waals surface area (Å²) in [6.07, 6.45) is 3.05. The van der Waals surface area contributed by atoms with Crippen LogP contribution in [-0.2, 0) is 0 Å². The zero-order chi connectivity index (χ0) is 17.3. The first-order chi connectivity index (χ1) is 11.5. The summed E-state index contributed by atoms with van der Waals surface area (Å²) in [5.41, 5.74) is 6.54. The molecule has 4 nitrogen and oxygen atoms in total. The third kappa shape index (κ3) is 2.65. The Hall–Kier alpha value is -3.40. The van der Waals surface area contributed by atoms with Gasteiger partial charge in [0.25, 0.3) is 0 Å². The zero-order valence-corrected chi connectivity index (χ0v) is 12.1. The van der Waals surface area contributed by atoms with Crippen molar-refractivity contribution in [2.75, 3.05) is 5.73 Å². The fraction of sp³-hybridized carbons (Fsp3) is 0. The summed E-state index contributed by atoms with van der Waals surface area (Å²) in [5.74, 6) is -3.63. The van der Waals surface area contributed by atoms with E-state index in [9.17, 15) is 18.4 Å². The first-order valence-corrected chi connectivity index (χ1v) is 6.77. The lowest BCUT2D eigenvalue weighted by Crippen LogP contribution is -2.01. The van der Waals surface area contributed by atoms with Gasteiger partial charge in [-0.05, 0) is 18.2 Å². The van der Waals surface area contributed by atoms with Gasteiger partial charge in [0.1, 0.15) is 23.3 Å². The van der Waals surface area contributed by atoms with Crippen LogP contribution in [0.15, 0.2) is 42.7 Å². The van der Waals surface area contributed by atoms with E-state index in [1.807, 2.05) is 6.07 Å². The van der Waals surface area contributed by atoms with Crippen molar-refractivity contribution < 1.29 is 13.2 Å². The van der Waals surface area contributed by atoms with Crippen LogP contribution in [-0.4, -0.2) is 9.97 Å². The van der Waals surface area contributed by atoms with E-state index in [-0.39, 0.29) is 22.6 Å². The summed E-state index contributed by atoms with van der Waals surface area (Å²) >= 11 is 0. The van der Waals surface area contributed by atoms with Crippen molar-refractivity contribution in [2.24, 2.45) is 0 Å². The van der Waals surface area contributed by atoms with Gasteiger partial charge in [0.05, 0.1) is 5.69 Å².